The average molecular weight is 490 g/mol. The van der Waals surface area contributed by atoms with E-state index in [9.17, 15) is 14.7 Å². The number of piperidine rings is 1. The molecule has 2 aliphatic heterocycles. The van der Waals surface area contributed by atoms with Crippen molar-refractivity contribution in [1.29, 1.82) is 0 Å². The van der Waals surface area contributed by atoms with Crippen LogP contribution in [0.25, 0.3) is 0 Å². The second-order valence-corrected chi connectivity index (χ2v) is 11.7. The van der Waals surface area contributed by atoms with Gasteiger partial charge in [-0.3, -0.25) is 9.69 Å². The van der Waals surface area contributed by atoms with Crippen LogP contribution < -0.4 is 5.32 Å². The molecule has 1 saturated carbocycles. The number of carbonyl (C=O) groups is 2. The lowest BCUT2D eigenvalue weighted by molar-refractivity contribution is -0.146. The maximum atomic E-state index is 14.4. The fourth-order valence-corrected chi connectivity index (χ4v) is 7.02. The molecule has 0 radical (unpaired) electrons. The summed E-state index contributed by atoms with van der Waals surface area (Å²) < 4.78 is 0. The smallest absolute Gasteiger partial charge is 0.408 e. The number of nitrogens with zero attached hydrogens (tertiary/aromatic N) is 2. The zero-order valence-electron chi connectivity index (χ0n) is 21.7. The van der Waals surface area contributed by atoms with E-state index in [4.69, 9.17) is 0 Å². The number of carbonyl (C=O) groups excluding carboxylic acids is 1. The highest BCUT2D eigenvalue weighted by Gasteiger charge is 2.48. The zero-order valence-corrected chi connectivity index (χ0v) is 21.7. The molecule has 192 valence electrons. The molecule has 1 saturated heterocycles. The first-order valence-electron chi connectivity index (χ1n) is 13.5. The Labute approximate surface area is 214 Å². The second kappa shape index (κ2) is 9.79. The standard InChI is InChI=1S/C30H39N3O3/c1-30(2,3)33(29(35)36)25-18-10-8-15-22(25)28(34)32-19-11-16-23-26(20-12-5-4-6-13-20)31-24-17-9-7-14-21(24)27(23)32/h4-7,9,12-14,17,22-23,25-27,31H,8,10-11,15-16,18-19H2,1-3H3,(H,35,36)/t22-,23+,25+,26-,27-/m0/s1. The van der Waals surface area contributed by atoms with E-state index in [-0.39, 0.29) is 35.9 Å². The monoisotopic (exact) mass is 489 g/mol. The molecule has 2 fully saturated rings. The van der Waals surface area contributed by atoms with Crippen LogP contribution in [0.1, 0.15) is 82.5 Å². The van der Waals surface area contributed by atoms with Crippen molar-refractivity contribution < 1.29 is 14.7 Å². The molecule has 0 unspecified atom stereocenters. The molecule has 2 amide bonds. The summed E-state index contributed by atoms with van der Waals surface area (Å²) in [4.78, 5) is 30.5. The van der Waals surface area contributed by atoms with E-state index < -0.39 is 11.6 Å². The molecule has 0 spiro atoms. The van der Waals surface area contributed by atoms with E-state index in [1.165, 1.54) is 11.1 Å². The van der Waals surface area contributed by atoms with Crippen LogP contribution in [0.4, 0.5) is 10.5 Å². The molecule has 0 bridgehead atoms. The summed E-state index contributed by atoms with van der Waals surface area (Å²) in [5.74, 6) is 0.0960. The molecule has 5 rings (SSSR count). The van der Waals surface area contributed by atoms with Crippen molar-refractivity contribution in [3.63, 3.8) is 0 Å². The van der Waals surface area contributed by atoms with Gasteiger partial charge in [0.25, 0.3) is 0 Å². The number of hydrogen-bond acceptors (Lipinski definition) is 3. The summed E-state index contributed by atoms with van der Waals surface area (Å²) in [6.07, 6.45) is 4.50. The third kappa shape index (κ3) is 4.46. The molecular formula is C30H39N3O3. The summed E-state index contributed by atoms with van der Waals surface area (Å²) in [5.41, 5.74) is 2.96. The number of benzene rings is 2. The Morgan fingerprint density at radius 3 is 2.36 bits per heavy atom. The number of hydrogen-bond donors (Lipinski definition) is 2. The number of amides is 2. The summed E-state index contributed by atoms with van der Waals surface area (Å²) in [6.45, 7) is 6.52. The molecule has 3 aliphatic rings. The first kappa shape index (κ1) is 24.7. The number of likely N-dealkylation sites (tertiary alicyclic amines) is 1. The first-order valence-corrected chi connectivity index (χ1v) is 13.5. The maximum absolute atomic E-state index is 14.4. The van der Waals surface area contributed by atoms with Crippen LogP contribution in [0.15, 0.2) is 54.6 Å². The molecule has 5 atom stereocenters. The summed E-state index contributed by atoms with van der Waals surface area (Å²) in [5, 5.41) is 13.9. The van der Waals surface area contributed by atoms with Crippen molar-refractivity contribution in [2.75, 3.05) is 11.9 Å². The lowest BCUT2D eigenvalue weighted by Crippen LogP contribution is -2.58. The number of carboxylic acid groups (broad SMARTS) is 1. The van der Waals surface area contributed by atoms with Gasteiger partial charge in [0.05, 0.1) is 18.0 Å². The van der Waals surface area contributed by atoms with E-state index in [0.717, 1.165) is 50.8 Å². The van der Waals surface area contributed by atoms with Gasteiger partial charge in [-0.05, 0) is 63.6 Å². The predicted molar refractivity (Wildman–Crippen MR) is 142 cm³/mol. The minimum absolute atomic E-state index is 0.00982. The number of para-hydroxylation sites is 1. The second-order valence-electron chi connectivity index (χ2n) is 11.7. The van der Waals surface area contributed by atoms with Gasteiger partial charge >= 0.3 is 6.09 Å². The quantitative estimate of drug-likeness (QED) is 0.518. The van der Waals surface area contributed by atoms with Crippen molar-refractivity contribution in [3.8, 4) is 0 Å². The van der Waals surface area contributed by atoms with Gasteiger partial charge in [-0.1, -0.05) is 61.4 Å². The van der Waals surface area contributed by atoms with Gasteiger partial charge in [0, 0.05) is 29.7 Å². The lowest BCUT2D eigenvalue weighted by Gasteiger charge is -2.51. The van der Waals surface area contributed by atoms with Crippen molar-refractivity contribution in [2.45, 2.75) is 83.0 Å². The fourth-order valence-electron chi connectivity index (χ4n) is 7.02. The molecule has 2 aromatic rings. The van der Waals surface area contributed by atoms with Crippen LogP contribution in [0.3, 0.4) is 0 Å². The normalized spacial score (nSPS) is 27.9. The number of anilines is 1. The molecule has 0 aromatic heterocycles. The Morgan fingerprint density at radius 1 is 0.944 bits per heavy atom. The van der Waals surface area contributed by atoms with Gasteiger partial charge in [0.15, 0.2) is 0 Å². The fraction of sp³-hybridized carbons (Fsp3) is 0.533. The summed E-state index contributed by atoms with van der Waals surface area (Å²) >= 11 is 0. The maximum Gasteiger partial charge on any atom is 0.408 e. The summed E-state index contributed by atoms with van der Waals surface area (Å²) in [6, 6.07) is 18.8. The molecule has 6 heteroatoms. The van der Waals surface area contributed by atoms with E-state index in [2.05, 4.69) is 58.7 Å². The number of rotatable bonds is 3. The summed E-state index contributed by atoms with van der Waals surface area (Å²) in [7, 11) is 0. The van der Waals surface area contributed by atoms with E-state index in [0.29, 0.717) is 0 Å². The highest BCUT2D eigenvalue weighted by molar-refractivity contribution is 5.82. The lowest BCUT2D eigenvalue weighted by atomic mass is 9.73. The Hall–Kier alpha value is -3.02. The van der Waals surface area contributed by atoms with Gasteiger partial charge in [-0.15, -0.1) is 0 Å². The largest absolute Gasteiger partial charge is 0.465 e. The third-order valence-electron chi connectivity index (χ3n) is 8.45. The molecule has 6 nitrogen and oxygen atoms in total. The minimum Gasteiger partial charge on any atom is -0.465 e. The van der Waals surface area contributed by atoms with E-state index >= 15 is 0 Å². The van der Waals surface area contributed by atoms with Crippen LogP contribution in [-0.4, -0.2) is 45.0 Å². The molecular weight excluding hydrogens is 450 g/mol. The van der Waals surface area contributed by atoms with Crippen LogP contribution in [-0.2, 0) is 4.79 Å². The number of nitrogens with one attached hydrogen (secondary N) is 1. The van der Waals surface area contributed by atoms with Crippen molar-refractivity contribution in [3.05, 3.63) is 65.7 Å². The molecule has 1 aliphatic carbocycles. The minimum atomic E-state index is -0.930. The van der Waals surface area contributed by atoms with Gasteiger partial charge in [-0.2, -0.15) is 0 Å². The van der Waals surface area contributed by atoms with Crippen LogP contribution in [0, 0.1) is 11.8 Å². The Morgan fingerprint density at radius 2 is 1.64 bits per heavy atom. The molecule has 2 aromatic carbocycles. The van der Waals surface area contributed by atoms with Gasteiger partial charge in [-0.25, -0.2) is 4.79 Å². The third-order valence-corrected chi connectivity index (χ3v) is 8.45. The van der Waals surface area contributed by atoms with Crippen molar-refractivity contribution in [2.24, 2.45) is 11.8 Å². The van der Waals surface area contributed by atoms with Crippen LogP contribution >= 0.6 is 0 Å². The predicted octanol–water partition coefficient (Wildman–Crippen LogP) is 6.47. The SMILES string of the molecule is CC(C)(C)N(C(=O)O)[C@@H]1CCCC[C@@H]1C(=O)N1CCC[C@@H]2[C@H](c3ccccc3)Nc3ccccc3[C@@H]21. The Kier molecular flexibility index (Phi) is 6.71. The van der Waals surface area contributed by atoms with Crippen molar-refractivity contribution >= 4 is 17.7 Å². The molecule has 36 heavy (non-hydrogen) atoms. The van der Waals surface area contributed by atoms with Crippen LogP contribution in [0.2, 0.25) is 0 Å². The molecule has 2 heterocycles. The van der Waals surface area contributed by atoms with Gasteiger partial charge in [0.2, 0.25) is 5.91 Å². The Balaban J connectivity index is 1.52. The van der Waals surface area contributed by atoms with Crippen molar-refractivity contribution in [1.82, 2.24) is 9.80 Å². The van der Waals surface area contributed by atoms with Gasteiger partial charge in [0.1, 0.15) is 0 Å². The van der Waals surface area contributed by atoms with Gasteiger partial charge < -0.3 is 15.3 Å². The Bertz CT molecular complexity index is 1100. The van der Waals surface area contributed by atoms with E-state index in [1.54, 1.807) is 4.90 Å². The molecule has 2 N–H and O–H groups in total. The number of fused-ring (bicyclic) bond motifs is 3. The zero-order chi connectivity index (χ0) is 25.4. The topological polar surface area (TPSA) is 72.9 Å². The van der Waals surface area contributed by atoms with Crippen LogP contribution in [0.5, 0.6) is 0 Å². The first-order chi connectivity index (χ1) is 17.3. The highest BCUT2D eigenvalue weighted by atomic mass is 16.4. The van der Waals surface area contributed by atoms with E-state index in [1.807, 2.05) is 26.8 Å². The average Bonchev–Trinajstić information content (AvgIpc) is 2.87. The highest BCUT2D eigenvalue weighted by Crippen LogP contribution is 2.51.